The predicted octanol–water partition coefficient (Wildman–Crippen LogP) is 3.25. The Morgan fingerprint density at radius 1 is 1.24 bits per heavy atom. The fraction of sp³-hybridized carbons (Fsp3) is 0.400. The van der Waals surface area contributed by atoms with E-state index >= 15 is 0 Å². The Morgan fingerprint density at radius 3 is 2.72 bits per heavy atom. The van der Waals surface area contributed by atoms with Gasteiger partial charge in [0.05, 0.1) is 17.8 Å². The van der Waals surface area contributed by atoms with Crippen LogP contribution in [-0.4, -0.2) is 41.1 Å². The summed E-state index contributed by atoms with van der Waals surface area (Å²) < 4.78 is 5.79. The summed E-state index contributed by atoms with van der Waals surface area (Å²) in [6, 6.07) is 11.6. The van der Waals surface area contributed by atoms with Crippen LogP contribution in [0.25, 0.3) is 0 Å². The summed E-state index contributed by atoms with van der Waals surface area (Å²) in [5.41, 5.74) is 3.32. The number of carbonyl (C=O) groups is 1. The molecule has 1 amide bonds. The average Bonchev–Trinajstić information content (AvgIpc) is 2.54. The van der Waals surface area contributed by atoms with E-state index in [1.54, 1.807) is 18.3 Å². The molecule has 0 saturated carbocycles. The molecule has 1 aliphatic rings. The second-order valence-electron chi connectivity index (χ2n) is 6.74. The molecule has 1 saturated heterocycles. The number of pyridine rings is 1. The minimum absolute atomic E-state index is 0.128. The van der Waals surface area contributed by atoms with E-state index in [1.165, 1.54) is 5.56 Å². The largest absolute Gasteiger partial charge is 0.373 e. The highest BCUT2D eigenvalue weighted by Crippen LogP contribution is 2.18. The lowest BCUT2D eigenvalue weighted by Gasteiger charge is -2.35. The number of anilines is 1. The number of benzene rings is 1. The zero-order valence-corrected chi connectivity index (χ0v) is 15.0. The number of aryl methyl sites for hydroxylation is 1. The fourth-order valence-electron chi connectivity index (χ4n) is 3.34. The first-order valence-corrected chi connectivity index (χ1v) is 8.71. The molecular formula is C20H25N3O2. The Hall–Kier alpha value is -2.24. The number of ether oxygens (including phenoxy) is 1. The minimum atomic E-state index is -0.128. The van der Waals surface area contributed by atoms with Crippen molar-refractivity contribution < 1.29 is 9.53 Å². The Bertz CT molecular complexity index is 737. The number of carbonyl (C=O) groups excluding carboxylic acids is 1. The number of morpholine rings is 1. The number of nitrogens with one attached hydrogen (secondary N) is 1. The van der Waals surface area contributed by atoms with Gasteiger partial charge >= 0.3 is 0 Å². The maximum atomic E-state index is 12.4. The van der Waals surface area contributed by atoms with Gasteiger partial charge in [-0.2, -0.15) is 0 Å². The Labute approximate surface area is 149 Å². The van der Waals surface area contributed by atoms with Crippen LogP contribution in [0.4, 0.5) is 5.69 Å². The smallest absolute Gasteiger partial charge is 0.257 e. The van der Waals surface area contributed by atoms with Crippen LogP contribution in [0.15, 0.2) is 42.6 Å². The van der Waals surface area contributed by atoms with Crippen molar-refractivity contribution in [3.63, 3.8) is 0 Å². The topological polar surface area (TPSA) is 54.5 Å². The lowest BCUT2D eigenvalue weighted by atomic mass is 10.1. The van der Waals surface area contributed by atoms with E-state index in [1.807, 2.05) is 25.1 Å². The molecule has 5 heteroatoms. The van der Waals surface area contributed by atoms with Gasteiger partial charge in [-0.1, -0.05) is 12.1 Å². The summed E-state index contributed by atoms with van der Waals surface area (Å²) >= 11 is 0. The maximum absolute atomic E-state index is 12.4. The van der Waals surface area contributed by atoms with Crippen LogP contribution in [0.5, 0.6) is 0 Å². The first-order valence-electron chi connectivity index (χ1n) is 8.71. The molecule has 1 aliphatic heterocycles. The molecule has 25 heavy (non-hydrogen) atoms. The van der Waals surface area contributed by atoms with Gasteiger partial charge in [0, 0.05) is 37.2 Å². The molecule has 0 aliphatic carbocycles. The van der Waals surface area contributed by atoms with Crippen molar-refractivity contribution >= 4 is 11.6 Å². The molecule has 5 nitrogen and oxygen atoms in total. The van der Waals surface area contributed by atoms with Crippen LogP contribution in [0.1, 0.15) is 35.5 Å². The molecule has 1 aromatic heterocycles. The standard InChI is InChI=1S/C20H25N3O2/c1-14-11-23(12-15(2)25-14)13-17-6-4-7-18(10-17)22-20(24)19-8-5-9-21-16(19)3/h4-10,14-15H,11-13H2,1-3H3,(H,22,24)/t14-,15-/m0/s1. The van der Waals surface area contributed by atoms with Crippen molar-refractivity contribution in [2.75, 3.05) is 18.4 Å². The quantitative estimate of drug-likeness (QED) is 0.929. The molecule has 1 aromatic carbocycles. The summed E-state index contributed by atoms with van der Waals surface area (Å²) in [7, 11) is 0. The highest BCUT2D eigenvalue weighted by Gasteiger charge is 2.22. The summed E-state index contributed by atoms with van der Waals surface area (Å²) in [6.45, 7) is 8.76. The monoisotopic (exact) mass is 339 g/mol. The first kappa shape index (κ1) is 17.6. The molecule has 0 unspecified atom stereocenters. The molecule has 2 atom stereocenters. The lowest BCUT2D eigenvalue weighted by Crippen LogP contribution is -2.44. The van der Waals surface area contributed by atoms with Gasteiger partial charge in [-0.05, 0) is 50.6 Å². The van der Waals surface area contributed by atoms with Crippen LogP contribution >= 0.6 is 0 Å². The number of aromatic nitrogens is 1. The summed E-state index contributed by atoms with van der Waals surface area (Å²) in [4.78, 5) is 19.0. The number of amides is 1. The van der Waals surface area contributed by atoms with E-state index in [4.69, 9.17) is 4.74 Å². The van der Waals surface area contributed by atoms with E-state index in [9.17, 15) is 4.79 Å². The lowest BCUT2D eigenvalue weighted by molar-refractivity contribution is -0.0704. The summed E-state index contributed by atoms with van der Waals surface area (Å²) in [5.74, 6) is -0.128. The number of rotatable bonds is 4. The normalized spacial score (nSPS) is 21.1. The van der Waals surface area contributed by atoms with Crippen molar-refractivity contribution in [1.82, 2.24) is 9.88 Å². The second kappa shape index (κ2) is 7.76. The average molecular weight is 339 g/mol. The molecule has 3 rings (SSSR count). The van der Waals surface area contributed by atoms with Crippen LogP contribution in [0, 0.1) is 6.92 Å². The predicted molar refractivity (Wildman–Crippen MR) is 98.7 cm³/mol. The van der Waals surface area contributed by atoms with Gasteiger partial charge in [0.2, 0.25) is 0 Å². The molecule has 0 bridgehead atoms. The van der Waals surface area contributed by atoms with Gasteiger partial charge in [0.25, 0.3) is 5.91 Å². The highest BCUT2D eigenvalue weighted by molar-refractivity contribution is 6.04. The van der Waals surface area contributed by atoms with Gasteiger partial charge in [0.1, 0.15) is 0 Å². The molecule has 132 valence electrons. The molecule has 2 heterocycles. The summed E-state index contributed by atoms with van der Waals surface area (Å²) in [6.07, 6.45) is 2.19. The third kappa shape index (κ3) is 4.65. The summed E-state index contributed by atoms with van der Waals surface area (Å²) in [5, 5.41) is 2.97. The third-order valence-electron chi connectivity index (χ3n) is 4.34. The Morgan fingerprint density at radius 2 is 2.00 bits per heavy atom. The maximum Gasteiger partial charge on any atom is 0.257 e. The van der Waals surface area contributed by atoms with Crippen molar-refractivity contribution in [1.29, 1.82) is 0 Å². The SMILES string of the molecule is Cc1ncccc1C(=O)Nc1cccc(CN2C[C@H](C)O[C@@H](C)C2)c1. The third-order valence-corrected chi connectivity index (χ3v) is 4.34. The van der Waals surface area contributed by atoms with Gasteiger partial charge < -0.3 is 10.1 Å². The first-order chi connectivity index (χ1) is 12.0. The van der Waals surface area contributed by atoms with Crippen LogP contribution in [0.2, 0.25) is 0 Å². The number of hydrogen-bond acceptors (Lipinski definition) is 4. The van der Waals surface area contributed by atoms with E-state index in [2.05, 4.69) is 35.1 Å². The minimum Gasteiger partial charge on any atom is -0.373 e. The molecule has 2 aromatic rings. The van der Waals surface area contributed by atoms with Gasteiger partial charge in [-0.25, -0.2) is 0 Å². The van der Waals surface area contributed by atoms with Crippen molar-refractivity contribution in [3.05, 3.63) is 59.4 Å². The van der Waals surface area contributed by atoms with Gasteiger partial charge in [-0.15, -0.1) is 0 Å². The second-order valence-corrected chi connectivity index (χ2v) is 6.74. The molecule has 1 N–H and O–H groups in total. The van der Waals surface area contributed by atoms with Gasteiger partial charge in [0.15, 0.2) is 0 Å². The zero-order valence-electron chi connectivity index (χ0n) is 15.0. The Kier molecular flexibility index (Phi) is 5.46. The van der Waals surface area contributed by atoms with E-state index < -0.39 is 0 Å². The van der Waals surface area contributed by atoms with Crippen molar-refractivity contribution in [3.8, 4) is 0 Å². The fourth-order valence-corrected chi connectivity index (χ4v) is 3.34. The van der Waals surface area contributed by atoms with Crippen LogP contribution < -0.4 is 5.32 Å². The highest BCUT2D eigenvalue weighted by atomic mass is 16.5. The zero-order chi connectivity index (χ0) is 17.8. The molecule has 1 fully saturated rings. The van der Waals surface area contributed by atoms with Crippen molar-refractivity contribution in [2.24, 2.45) is 0 Å². The van der Waals surface area contributed by atoms with E-state index in [0.29, 0.717) is 5.56 Å². The molecule has 0 radical (unpaired) electrons. The number of nitrogens with zero attached hydrogens (tertiary/aromatic N) is 2. The molecule has 0 spiro atoms. The Balaban J connectivity index is 1.67. The van der Waals surface area contributed by atoms with Crippen molar-refractivity contribution in [2.45, 2.75) is 39.5 Å². The number of hydrogen-bond donors (Lipinski definition) is 1. The van der Waals surface area contributed by atoms with E-state index in [-0.39, 0.29) is 18.1 Å². The molecular weight excluding hydrogens is 314 g/mol. The van der Waals surface area contributed by atoms with Crippen LogP contribution in [-0.2, 0) is 11.3 Å². The van der Waals surface area contributed by atoms with Crippen LogP contribution in [0.3, 0.4) is 0 Å². The van der Waals surface area contributed by atoms with E-state index in [0.717, 1.165) is 31.0 Å². The van der Waals surface area contributed by atoms with Gasteiger partial charge in [-0.3, -0.25) is 14.7 Å².